The van der Waals surface area contributed by atoms with E-state index in [2.05, 4.69) is 28.7 Å². The fourth-order valence-corrected chi connectivity index (χ4v) is 2.61. The summed E-state index contributed by atoms with van der Waals surface area (Å²) in [4.78, 5) is 13.7. The normalized spacial score (nSPS) is 15.3. The predicted molar refractivity (Wildman–Crippen MR) is 95.2 cm³/mol. The number of benzene rings is 1. The van der Waals surface area contributed by atoms with E-state index in [0.717, 1.165) is 15.7 Å². The number of carbonyl (C=O) groups excluding carboxylic acids is 1. The molecular formula is C17H22INO3. The monoisotopic (exact) mass is 415 g/mol. The van der Waals surface area contributed by atoms with Crippen LogP contribution in [0.5, 0.6) is 5.75 Å². The SMILES string of the molecule is CC(C)(C)OC(=O)N1CC=C(COc2ccccc2I)CC1. The highest BCUT2D eigenvalue weighted by molar-refractivity contribution is 14.1. The van der Waals surface area contributed by atoms with Gasteiger partial charge in [0.1, 0.15) is 18.0 Å². The Morgan fingerprint density at radius 1 is 1.32 bits per heavy atom. The lowest BCUT2D eigenvalue weighted by Gasteiger charge is -2.29. The number of carbonyl (C=O) groups is 1. The maximum Gasteiger partial charge on any atom is 0.410 e. The van der Waals surface area contributed by atoms with Gasteiger partial charge in [0.2, 0.25) is 0 Å². The van der Waals surface area contributed by atoms with Crippen molar-refractivity contribution in [3.05, 3.63) is 39.5 Å². The maximum atomic E-state index is 12.0. The average Bonchev–Trinajstić information content (AvgIpc) is 2.45. The molecule has 2 rings (SSSR count). The molecule has 1 amide bonds. The molecule has 1 heterocycles. The van der Waals surface area contributed by atoms with Crippen molar-refractivity contribution in [1.82, 2.24) is 4.90 Å². The zero-order valence-electron chi connectivity index (χ0n) is 13.3. The van der Waals surface area contributed by atoms with E-state index >= 15 is 0 Å². The molecule has 0 radical (unpaired) electrons. The molecule has 0 N–H and O–H groups in total. The average molecular weight is 415 g/mol. The third-order valence-electron chi connectivity index (χ3n) is 3.20. The highest BCUT2D eigenvalue weighted by Crippen LogP contribution is 2.21. The molecule has 0 unspecified atom stereocenters. The smallest absolute Gasteiger partial charge is 0.410 e. The van der Waals surface area contributed by atoms with Crippen LogP contribution in [0.3, 0.4) is 0 Å². The van der Waals surface area contributed by atoms with Gasteiger partial charge < -0.3 is 14.4 Å². The standard InChI is InChI=1S/C17H22INO3/c1-17(2,3)22-16(20)19-10-8-13(9-11-19)12-21-15-7-5-4-6-14(15)18/h4-8H,9-12H2,1-3H3. The molecule has 0 saturated heterocycles. The minimum absolute atomic E-state index is 0.249. The minimum atomic E-state index is -0.450. The van der Waals surface area contributed by atoms with E-state index in [0.29, 0.717) is 19.7 Å². The fourth-order valence-electron chi connectivity index (χ4n) is 2.07. The van der Waals surface area contributed by atoms with Crippen molar-refractivity contribution in [2.75, 3.05) is 19.7 Å². The van der Waals surface area contributed by atoms with E-state index in [4.69, 9.17) is 9.47 Å². The molecule has 120 valence electrons. The van der Waals surface area contributed by atoms with Crippen LogP contribution in [0.25, 0.3) is 0 Å². The number of para-hydroxylation sites is 1. The van der Waals surface area contributed by atoms with E-state index in [1.54, 1.807) is 4.90 Å². The van der Waals surface area contributed by atoms with Gasteiger partial charge in [-0.05, 0) is 67.5 Å². The Bertz CT molecular complexity index is 563. The summed E-state index contributed by atoms with van der Waals surface area (Å²) in [7, 11) is 0. The second kappa shape index (κ2) is 7.35. The first-order valence-electron chi connectivity index (χ1n) is 7.38. The van der Waals surface area contributed by atoms with E-state index in [1.807, 2.05) is 45.0 Å². The first kappa shape index (κ1) is 17.1. The lowest BCUT2D eigenvalue weighted by Crippen LogP contribution is -2.39. The van der Waals surface area contributed by atoms with Gasteiger partial charge in [0, 0.05) is 13.1 Å². The van der Waals surface area contributed by atoms with Gasteiger partial charge in [0.25, 0.3) is 0 Å². The summed E-state index contributed by atoms with van der Waals surface area (Å²) in [6.45, 7) is 7.47. The molecule has 1 aliphatic heterocycles. The zero-order valence-corrected chi connectivity index (χ0v) is 15.4. The molecule has 0 fully saturated rings. The summed E-state index contributed by atoms with van der Waals surface area (Å²) in [6, 6.07) is 7.96. The van der Waals surface area contributed by atoms with Crippen LogP contribution in [-0.4, -0.2) is 36.3 Å². The largest absolute Gasteiger partial charge is 0.488 e. The van der Waals surface area contributed by atoms with Crippen molar-refractivity contribution >= 4 is 28.7 Å². The van der Waals surface area contributed by atoms with Gasteiger partial charge in [-0.1, -0.05) is 18.2 Å². The van der Waals surface area contributed by atoms with E-state index in [1.165, 1.54) is 5.57 Å². The molecule has 1 aromatic carbocycles. The first-order valence-corrected chi connectivity index (χ1v) is 8.46. The number of hydrogen-bond acceptors (Lipinski definition) is 3. The van der Waals surface area contributed by atoms with Crippen LogP contribution in [0.4, 0.5) is 4.79 Å². The third kappa shape index (κ3) is 5.19. The second-order valence-electron chi connectivity index (χ2n) is 6.26. The Morgan fingerprint density at radius 2 is 2.05 bits per heavy atom. The number of rotatable bonds is 3. The van der Waals surface area contributed by atoms with Crippen molar-refractivity contribution in [3.63, 3.8) is 0 Å². The Balaban J connectivity index is 1.84. The Labute approximate surface area is 145 Å². The van der Waals surface area contributed by atoms with Crippen LogP contribution in [-0.2, 0) is 4.74 Å². The van der Waals surface area contributed by atoms with Crippen LogP contribution >= 0.6 is 22.6 Å². The van der Waals surface area contributed by atoms with Crippen LogP contribution in [0.1, 0.15) is 27.2 Å². The molecule has 5 heteroatoms. The van der Waals surface area contributed by atoms with E-state index in [9.17, 15) is 4.79 Å². The van der Waals surface area contributed by atoms with E-state index in [-0.39, 0.29) is 6.09 Å². The molecule has 0 spiro atoms. The first-order chi connectivity index (χ1) is 10.3. The van der Waals surface area contributed by atoms with Crippen LogP contribution in [0.15, 0.2) is 35.9 Å². The quantitative estimate of drug-likeness (QED) is 0.548. The Morgan fingerprint density at radius 3 is 2.64 bits per heavy atom. The van der Waals surface area contributed by atoms with Crippen LogP contribution in [0, 0.1) is 3.57 Å². The molecule has 4 nitrogen and oxygen atoms in total. The number of ether oxygens (including phenoxy) is 2. The van der Waals surface area contributed by atoms with Crippen molar-refractivity contribution < 1.29 is 14.3 Å². The molecule has 1 aromatic rings. The molecule has 0 atom stereocenters. The van der Waals surface area contributed by atoms with Gasteiger partial charge >= 0.3 is 6.09 Å². The van der Waals surface area contributed by atoms with Gasteiger partial charge in [-0.3, -0.25) is 0 Å². The summed E-state index contributed by atoms with van der Waals surface area (Å²) in [5.74, 6) is 0.901. The zero-order chi connectivity index (χ0) is 16.2. The molecule has 0 saturated carbocycles. The number of halogens is 1. The van der Waals surface area contributed by atoms with Gasteiger partial charge in [-0.2, -0.15) is 0 Å². The highest BCUT2D eigenvalue weighted by Gasteiger charge is 2.23. The summed E-state index contributed by atoms with van der Waals surface area (Å²) in [5.41, 5.74) is 0.772. The maximum absolute atomic E-state index is 12.0. The van der Waals surface area contributed by atoms with Crippen LogP contribution in [0.2, 0.25) is 0 Å². The third-order valence-corrected chi connectivity index (χ3v) is 4.10. The molecule has 0 aliphatic carbocycles. The molecule has 0 aromatic heterocycles. The summed E-state index contributed by atoms with van der Waals surface area (Å²) in [5, 5.41) is 0. The highest BCUT2D eigenvalue weighted by atomic mass is 127. The topological polar surface area (TPSA) is 38.8 Å². The van der Waals surface area contributed by atoms with E-state index < -0.39 is 5.60 Å². The lowest BCUT2D eigenvalue weighted by molar-refractivity contribution is 0.0264. The van der Waals surface area contributed by atoms with Crippen molar-refractivity contribution in [2.24, 2.45) is 0 Å². The van der Waals surface area contributed by atoms with Gasteiger partial charge in [0.15, 0.2) is 0 Å². The predicted octanol–water partition coefficient (Wildman–Crippen LogP) is 4.24. The summed E-state index contributed by atoms with van der Waals surface area (Å²) >= 11 is 2.26. The second-order valence-corrected chi connectivity index (χ2v) is 7.42. The van der Waals surface area contributed by atoms with Crippen molar-refractivity contribution in [3.8, 4) is 5.75 Å². The molecule has 22 heavy (non-hydrogen) atoms. The lowest BCUT2D eigenvalue weighted by atomic mass is 10.1. The number of nitrogens with zero attached hydrogens (tertiary/aromatic N) is 1. The summed E-state index contributed by atoms with van der Waals surface area (Å²) in [6.07, 6.45) is 2.63. The van der Waals surface area contributed by atoms with Crippen molar-refractivity contribution in [2.45, 2.75) is 32.8 Å². The molecular weight excluding hydrogens is 393 g/mol. The van der Waals surface area contributed by atoms with Crippen molar-refractivity contribution in [1.29, 1.82) is 0 Å². The van der Waals surface area contributed by atoms with Crippen LogP contribution < -0.4 is 4.74 Å². The Kier molecular flexibility index (Phi) is 5.72. The molecule has 1 aliphatic rings. The number of hydrogen-bond donors (Lipinski definition) is 0. The number of amides is 1. The molecule has 0 bridgehead atoms. The fraction of sp³-hybridized carbons (Fsp3) is 0.471. The summed E-state index contributed by atoms with van der Waals surface area (Å²) < 4.78 is 12.3. The van der Waals surface area contributed by atoms with Gasteiger partial charge in [-0.15, -0.1) is 0 Å². The van der Waals surface area contributed by atoms with Gasteiger partial charge in [0.05, 0.1) is 3.57 Å². The minimum Gasteiger partial charge on any atom is -0.488 e. The van der Waals surface area contributed by atoms with Gasteiger partial charge in [-0.25, -0.2) is 4.79 Å². The Hall–Kier alpha value is -1.24.